The van der Waals surface area contributed by atoms with E-state index in [2.05, 4.69) is 5.18 Å². The fourth-order valence-corrected chi connectivity index (χ4v) is 0.220. The normalized spacial score (nSPS) is 7.71. The Labute approximate surface area is 43.2 Å². The first-order chi connectivity index (χ1) is 3.27. The molecule has 0 unspecified atom stereocenters. The lowest BCUT2D eigenvalue weighted by atomic mass is 10.3. The van der Waals surface area contributed by atoms with Crippen LogP contribution in [0, 0.1) is 4.91 Å². The van der Waals surface area contributed by atoms with E-state index in [1.54, 1.807) is 6.08 Å². The van der Waals surface area contributed by atoms with E-state index < -0.39 is 0 Å². The summed E-state index contributed by atoms with van der Waals surface area (Å²) in [6, 6.07) is 0. The maximum atomic E-state index is 9.41. The molecule has 2 heteroatoms. The van der Waals surface area contributed by atoms with Gasteiger partial charge in [-0.3, -0.25) is 0 Å². The summed E-state index contributed by atoms with van der Waals surface area (Å²) >= 11 is 0. The van der Waals surface area contributed by atoms with Crippen LogP contribution in [0.15, 0.2) is 16.8 Å². The second-order valence-corrected chi connectivity index (χ2v) is 1.59. The van der Waals surface area contributed by atoms with Gasteiger partial charge in [0.15, 0.2) is 0 Å². The Bertz CT molecular complexity index is 82.1. The molecular formula is C5H9NO. The predicted molar refractivity (Wildman–Crippen MR) is 30.1 cm³/mol. The van der Waals surface area contributed by atoms with E-state index in [9.17, 15) is 4.91 Å². The van der Waals surface area contributed by atoms with Gasteiger partial charge in [0.1, 0.15) is 0 Å². The maximum Gasteiger partial charge on any atom is 0.0994 e. The smallest absolute Gasteiger partial charge is 0.0994 e. The van der Waals surface area contributed by atoms with Crippen molar-refractivity contribution in [3.8, 4) is 0 Å². The molecule has 0 aromatic rings. The Hall–Kier alpha value is -0.660. The Balaban J connectivity index is 3.25. The molecule has 0 rings (SSSR count). The van der Waals surface area contributed by atoms with Crippen molar-refractivity contribution >= 4 is 0 Å². The van der Waals surface area contributed by atoms with Crippen molar-refractivity contribution in [2.24, 2.45) is 5.18 Å². The van der Waals surface area contributed by atoms with Crippen molar-refractivity contribution in [1.82, 2.24) is 0 Å². The Morgan fingerprint density at radius 2 is 2.29 bits per heavy atom. The minimum Gasteiger partial charge on any atom is -0.150 e. The SMILES string of the molecule is CC(C)=CCN=O. The summed E-state index contributed by atoms with van der Waals surface area (Å²) in [5, 5.41) is 2.65. The molecule has 2 nitrogen and oxygen atoms in total. The van der Waals surface area contributed by atoms with E-state index in [4.69, 9.17) is 0 Å². The molecule has 0 saturated carbocycles. The lowest BCUT2D eigenvalue weighted by Crippen LogP contribution is -1.69. The minimum atomic E-state index is 0.308. The van der Waals surface area contributed by atoms with Crippen LogP contribution in [0.1, 0.15) is 13.8 Å². The van der Waals surface area contributed by atoms with Gasteiger partial charge in [0, 0.05) is 0 Å². The summed E-state index contributed by atoms with van der Waals surface area (Å²) in [5.41, 5.74) is 1.14. The standard InChI is InChI=1S/C5H9NO/c1-5(2)3-4-6-7/h3H,4H2,1-2H3. The van der Waals surface area contributed by atoms with Gasteiger partial charge in [0.25, 0.3) is 0 Å². The van der Waals surface area contributed by atoms with Crippen LogP contribution >= 0.6 is 0 Å². The molecule has 0 fully saturated rings. The molecule has 0 spiro atoms. The van der Waals surface area contributed by atoms with Crippen LogP contribution in [0.4, 0.5) is 0 Å². The molecule has 0 aliphatic heterocycles. The van der Waals surface area contributed by atoms with E-state index in [0.29, 0.717) is 6.54 Å². The van der Waals surface area contributed by atoms with Gasteiger partial charge < -0.3 is 0 Å². The third-order valence-corrected chi connectivity index (χ3v) is 0.574. The van der Waals surface area contributed by atoms with Gasteiger partial charge >= 0.3 is 0 Å². The molecular weight excluding hydrogens is 90.1 g/mol. The fraction of sp³-hybridized carbons (Fsp3) is 0.600. The molecule has 40 valence electrons. The van der Waals surface area contributed by atoms with Crippen molar-refractivity contribution < 1.29 is 0 Å². The first kappa shape index (κ1) is 6.34. The second-order valence-electron chi connectivity index (χ2n) is 1.59. The topological polar surface area (TPSA) is 29.4 Å². The average molecular weight is 99.1 g/mol. The highest BCUT2D eigenvalue weighted by molar-refractivity contribution is 4.93. The molecule has 0 radical (unpaired) electrons. The average Bonchev–Trinajstić information content (AvgIpc) is 1.61. The minimum absolute atomic E-state index is 0.308. The molecule has 0 N–H and O–H groups in total. The molecule has 0 amide bonds. The zero-order chi connectivity index (χ0) is 5.70. The third kappa shape index (κ3) is 5.34. The highest BCUT2D eigenvalue weighted by Gasteiger charge is 1.73. The molecule has 0 aromatic heterocycles. The number of hydrogen-bond acceptors (Lipinski definition) is 2. The predicted octanol–water partition coefficient (Wildman–Crippen LogP) is 1.72. The largest absolute Gasteiger partial charge is 0.150 e. The fourth-order valence-electron chi connectivity index (χ4n) is 0.220. The molecule has 0 atom stereocenters. The second kappa shape index (κ2) is 3.53. The van der Waals surface area contributed by atoms with E-state index in [-0.39, 0.29) is 0 Å². The quantitative estimate of drug-likeness (QED) is 0.383. The van der Waals surface area contributed by atoms with Crippen molar-refractivity contribution in [1.29, 1.82) is 0 Å². The lowest BCUT2D eigenvalue weighted by molar-refractivity contribution is 1.18. The number of nitroso groups, excluding NO2 is 1. The van der Waals surface area contributed by atoms with E-state index in [0.717, 1.165) is 5.57 Å². The van der Waals surface area contributed by atoms with Gasteiger partial charge in [-0.1, -0.05) is 16.8 Å². The van der Waals surface area contributed by atoms with Crippen molar-refractivity contribution in [2.75, 3.05) is 6.54 Å². The lowest BCUT2D eigenvalue weighted by Gasteiger charge is -1.79. The number of rotatable bonds is 2. The van der Waals surface area contributed by atoms with Crippen molar-refractivity contribution in [2.45, 2.75) is 13.8 Å². The number of hydrogen-bond donors (Lipinski definition) is 0. The zero-order valence-electron chi connectivity index (χ0n) is 4.64. The van der Waals surface area contributed by atoms with Gasteiger partial charge in [0.05, 0.1) is 6.54 Å². The van der Waals surface area contributed by atoms with E-state index >= 15 is 0 Å². The summed E-state index contributed by atoms with van der Waals surface area (Å²) in [4.78, 5) is 9.41. The summed E-state index contributed by atoms with van der Waals surface area (Å²) in [6.45, 7) is 4.18. The van der Waals surface area contributed by atoms with Gasteiger partial charge in [-0.05, 0) is 13.8 Å². The first-order valence-electron chi connectivity index (χ1n) is 2.20. The third-order valence-electron chi connectivity index (χ3n) is 0.574. The van der Waals surface area contributed by atoms with Crippen molar-refractivity contribution in [3.05, 3.63) is 16.6 Å². The summed E-state index contributed by atoms with van der Waals surface area (Å²) < 4.78 is 0. The molecule has 0 saturated heterocycles. The van der Waals surface area contributed by atoms with Gasteiger partial charge in [-0.15, -0.1) is 0 Å². The van der Waals surface area contributed by atoms with Crippen LogP contribution in [0.3, 0.4) is 0 Å². The summed E-state index contributed by atoms with van der Waals surface area (Å²) in [7, 11) is 0. The van der Waals surface area contributed by atoms with Crippen LogP contribution in [0.25, 0.3) is 0 Å². The van der Waals surface area contributed by atoms with Crippen LogP contribution in [0.5, 0.6) is 0 Å². The van der Waals surface area contributed by atoms with Crippen LogP contribution in [-0.2, 0) is 0 Å². The zero-order valence-corrected chi connectivity index (χ0v) is 4.64. The molecule has 0 aliphatic rings. The van der Waals surface area contributed by atoms with Gasteiger partial charge in [0.2, 0.25) is 0 Å². The van der Waals surface area contributed by atoms with Crippen LogP contribution < -0.4 is 0 Å². The Morgan fingerprint density at radius 1 is 1.71 bits per heavy atom. The number of allylic oxidation sites excluding steroid dienone is 1. The number of nitrogens with zero attached hydrogens (tertiary/aromatic N) is 1. The van der Waals surface area contributed by atoms with E-state index in [1.807, 2.05) is 13.8 Å². The molecule has 7 heavy (non-hydrogen) atoms. The molecule has 0 aromatic carbocycles. The Morgan fingerprint density at radius 3 is 2.43 bits per heavy atom. The Kier molecular flexibility index (Phi) is 3.19. The highest BCUT2D eigenvalue weighted by Crippen LogP contribution is 1.86. The van der Waals surface area contributed by atoms with Crippen LogP contribution in [0.2, 0.25) is 0 Å². The molecule has 0 aliphatic carbocycles. The summed E-state index contributed by atoms with van der Waals surface area (Å²) in [5.74, 6) is 0. The molecule has 0 heterocycles. The van der Waals surface area contributed by atoms with E-state index in [1.165, 1.54) is 0 Å². The summed E-state index contributed by atoms with van der Waals surface area (Å²) in [6.07, 6.45) is 1.78. The van der Waals surface area contributed by atoms with Crippen LogP contribution in [-0.4, -0.2) is 6.54 Å². The van der Waals surface area contributed by atoms with Crippen molar-refractivity contribution in [3.63, 3.8) is 0 Å². The maximum absolute atomic E-state index is 9.41. The van der Waals surface area contributed by atoms with Gasteiger partial charge in [-0.2, -0.15) is 4.91 Å². The van der Waals surface area contributed by atoms with Gasteiger partial charge in [-0.25, -0.2) is 0 Å². The first-order valence-corrected chi connectivity index (χ1v) is 2.20. The molecule has 0 bridgehead atoms. The highest BCUT2D eigenvalue weighted by atomic mass is 16.3. The monoisotopic (exact) mass is 99.1 g/mol.